The molecule has 6 rings (SSSR count). The van der Waals surface area contributed by atoms with Crippen molar-refractivity contribution in [2.45, 2.75) is 6.92 Å². The van der Waals surface area contributed by atoms with Crippen LogP contribution in [0.5, 0.6) is 0 Å². The van der Waals surface area contributed by atoms with Crippen molar-refractivity contribution in [3.63, 3.8) is 0 Å². The summed E-state index contributed by atoms with van der Waals surface area (Å²) in [5.41, 5.74) is -1.92. The van der Waals surface area contributed by atoms with Gasteiger partial charge in [-0.2, -0.15) is 0 Å². The number of benzene rings is 4. The van der Waals surface area contributed by atoms with Crippen LogP contribution in [0.25, 0.3) is 43.1 Å². The lowest BCUT2D eigenvalue weighted by atomic mass is 9.98. The third-order valence-corrected chi connectivity index (χ3v) is 5.45. The van der Waals surface area contributed by atoms with E-state index in [0.717, 1.165) is 12.1 Å². The van der Waals surface area contributed by atoms with Gasteiger partial charge in [-0.3, -0.25) is 0 Å². The van der Waals surface area contributed by atoms with E-state index >= 15 is 0 Å². The van der Waals surface area contributed by atoms with E-state index in [2.05, 4.69) is 70.4 Å². The molecule has 0 aliphatic rings. The van der Waals surface area contributed by atoms with E-state index in [0.29, 0.717) is 0 Å². The van der Waals surface area contributed by atoms with Crippen molar-refractivity contribution < 1.29 is 8.83 Å². The van der Waals surface area contributed by atoms with Crippen LogP contribution in [0.3, 0.4) is 0 Å². The predicted molar refractivity (Wildman–Crippen MR) is 120 cm³/mol. The average Bonchev–Trinajstić information content (AvgIpc) is 3.22. The monoisotopic (exact) mass is 410 g/mol. The molecule has 0 bridgehead atoms. The van der Waals surface area contributed by atoms with Gasteiger partial charge < -0.3 is 8.83 Å². The van der Waals surface area contributed by atoms with Gasteiger partial charge in [0.1, 0.15) is 0 Å². The number of furan rings is 2. The smallest absolute Gasteiger partial charge is 0.346 e. The van der Waals surface area contributed by atoms with Gasteiger partial charge in [-0.1, -0.05) is 48.5 Å². The van der Waals surface area contributed by atoms with Crippen molar-refractivity contribution in [3.8, 4) is 0 Å². The molecule has 0 saturated carbocycles. The molecule has 0 N–H and O–H groups in total. The van der Waals surface area contributed by atoms with Crippen molar-refractivity contribution in [2.24, 2.45) is 0 Å². The predicted octanol–water partition coefficient (Wildman–Crippen LogP) is 3.80. The van der Waals surface area contributed by atoms with E-state index in [-0.39, 0.29) is 21.5 Å². The van der Waals surface area contributed by atoms with Crippen molar-refractivity contribution in [2.75, 3.05) is 0 Å². The second-order valence-corrected chi connectivity index (χ2v) is 7.24. The Morgan fingerprint density at radius 1 is 0.484 bits per heavy atom. The summed E-state index contributed by atoms with van der Waals surface area (Å²) in [6.45, 7) is 2.20. The first-order valence-electron chi connectivity index (χ1n) is 9.52. The van der Waals surface area contributed by atoms with Crippen molar-refractivity contribution in [1.29, 1.82) is 0 Å². The first-order chi connectivity index (χ1) is 14.9. The molecule has 6 aromatic rings. The first-order valence-corrected chi connectivity index (χ1v) is 9.52. The molecule has 0 aliphatic heterocycles. The fourth-order valence-corrected chi connectivity index (χ4v) is 3.90. The van der Waals surface area contributed by atoms with E-state index in [9.17, 15) is 19.2 Å². The lowest BCUT2D eigenvalue weighted by molar-refractivity contribution is 0.498. The van der Waals surface area contributed by atoms with Gasteiger partial charge in [-0.05, 0) is 52.2 Å². The molecule has 0 amide bonds. The number of hydrogen-bond donors (Lipinski definition) is 0. The van der Waals surface area contributed by atoms with Gasteiger partial charge in [0.2, 0.25) is 0 Å². The van der Waals surface area contributed by atoms with Crippen LogP contribution >= 0.6 is 0 Å². The zero-order valence-electron chi connectivity index (χ0n) is 16.3. The molecule has 0 unspecified atom stereocenters. The average molecular weight is 410 g/mol. The molecule has 6 nitrogen and oxygen atoms in total. The number of aryl methyl sites for hydroxylation is 1. The quantitative estimate of drug-likeness (QED) is 0.354. The van der Waals surface area contributed by atoms with Crippen molar-refractivity contribution in [3.05, 3.63) is 114 Å². The second kappa shape index (κ2) is 6.88. The van der Waals surface area contributed by atoms with Gasteiger partial charge in [0.15, 0.2) is 0 Å². The minimum Gasteiger partial charge on any atom is -0.386 e. The summed E-state index contributed by atoms with van der Waals surface area (Å²) in [4.78, 5) is 44.7. The molecule has 0 spiro atoms. The fraction of sp³-hybridized carbons (Fsp3) is 0.0400. The topological polar surface area (TPSA) is 94.6 Å². The maximum Gasteiger partial charge on any atom is 0.346 e. The molecular weight excluding hydrogens is 396 g/mol. The van der Waals surface area contributed by atoms with Gasteiger partial charge in [-0.25, -0.2) is 19.2 Å². The van der Waals surface area contributed by atoms with Crippen LogP contribution in [0.15, 0.2) is 94.7 Å². The van der Waals surface area contributed by atoms with Gasteiger partial charge >= 0.3 is 22.5 Å². The highest BCUT2D eigenvalue weighted by Crippen LogP contribution is 2.27. The van der Waals surface area contributed by atoms with E-state index in [1.807, 2.05) is 0 Å². The molecule has 2 aromatic heterocycles. The summed E-state index contributed by atoms with van der Waals surface area (Å²) >= 11 is 0. The SMILES string of the molecule is Cc1c2ccccc2cc2ccccc12.O=c1oc(=O)c2cc3c(=O)oc(=O)c3cc12. The summed E-state index contributed by atoms with van der Waals surface area (Å²) in [5.74, 6) is 0. The van der Waals surface area contributed by atoms with E-state index in [1.54, 1.807) is 0 Å². The van der Waals surface area contributed by atoms with E-state index in [1.165, 1.54) is 27.1 Å². The van der Waals surface area contributed by atoms with Crippen LogP contribution in [-0.2, 0) is 0 Å². The zero-order valence-corrected chi connectivity index (χ0v) is 16.3. The first kappa shape index (κ1) is 18.7. The maximum atomic E-state index is 11.2. The Kier molecular flexibility index (Phi) is 4.15. The zero-order chi connectivity index (χ0) is 21.7. The highest BCUT2D eigenvalue weighted by Gasteiger charge is 2.15. The third-order valence-electron chi connectivity index (χ3n) is 5.45. The van der Waals surface area contributed by atoms with Gasteiger partial charge in [0, 0.05) is 0 Å². The molecule has 0 radical (unpaired) electrons. The molecule has 4 aromatic carbocycles. The standard InChI is InChI=1S/C15H12.C10H2O6/c1-11-14-8-4-2-6-12(14)10-13-7-3-5-9-15(11)13;11-7-3-1-4-6(10(14)16-8(4)12)2-5(3)9(13)15-7/h2-10H,1H3;1-2H. The van der Waals surface area contributed by atoms with Gasteiger partial charge in [0.05, 0.1) is 21.5 Å². The molecule has 31 heavy (non-hydrogen) atoms. The van der Waals surface area contributed by atoms with Crippen LogP contribution < -0.4 is 22.5 Å². The Hall–Kier alpha value is -4.32. The Morgan fingerprint density at radius 2 is 0.839 bits per heavy atom. The highest BCUT2D eigenvalue weighted by atomic mass is 16.4. The summed E-state index contributed by atoms with van der Waals surface area (Å²) in [5, 5.41) is 5.30. The lowest BCUT2D eigenvalue weighted by Gasteiger charge is -2.06. The van der Waals surface area contributed by atoms with Crippen LogP contribution in [0, 0.1) is 6.92 Å². The molecule has 0 fully saturated rings. The molecular formula is C25H14O6. The Balaban J connectivity index is 0.000000132. The molecule has 150 valence electrons. The third kappa shape index (κ3) is 2.97. The number of rotatable bonds is 0. The summed E-state index contributed by atoms with van der Waals surface area (Å²) in [6, 6.07) is 21.7. The van der Waals surface area contributed by atoms with Crippen LogP contribution in [0.2, 0.25) is 0 Å². The van der Waals surface area contributed by atoms with E-state index in [4.69, 9.17) is 0 Å². The number of fused-ring (bicyclic) bond motifs is 4. The minimum absolute atomic E-state index is 0.0181. The normalized spacial score (nSPS) is 11.3. The van der Waals surface area contributed by atoms with Crippen LogP contribution in [0.1, 0.15) is 5.56 Å². The van der Waals surface area contributed by atoms with Gasteiger partial charge in [-0.15, -0.1) is 0 Å². The largest absolute Gasteiger partial charge is 0.386 e. The molecule has 0 atom stereocenters. The molecule has 2 heterocycles. The van der Waals surface area contributed by atoms with Crippen molar-refractivity contribution in [1.82, 2.24) is 0 Å². The molecule has 0 aliphatic carbocycles. The summed E-state index contributed by atoms with van der Waals surface area (Å²) in [7, 11) is 0. The van der Waals surface area contributed by atoms with Crippen LogP contribution in [0.4, 0.5) is 0 Å². The highest BCUT2D eigenvalue weighted by molar-refractivity contribution is 6.02. The Bertz CT molecular complexity index is 1630. The minimum atomic E-state index is -0.824. The summed E-state index contributed by atoms with van der Waals surface area (Å²) in [6.07, 6.45) is 0. The molecule has 6 heteroatoms. The Labute approximate surface area is 173 Å². The maximum absolute atomic E-state index is 11.2. The lowest BCUT2D eigenvalue weighted by Crippen LogP contribution is -1.96. The van der Waals surface area contributed by atoms with Crippen LogP contribution in [-0.4, -0.2) is 0 Å². The van der Waals surface area contributed by atoms with Crippen molar-refractivity contribution >= 4 is 43.1 Å². The second-order valence-electron chi connectivity index (χ2n) is 7.24. The number of hydrogen-bond acceptors (Lipinski definition) is 6. The summed E-state index contributed by atoms with van der Waals surface area (Å²) < 4.78 is 8.68. The van der Waals surface area contributed by atoms with Gasteiger partial charge in [0.25, 0.3) is 0 Å². The van der Waals surface area contributed by atoms with E-state index < -0.39 is 22.5 Å². The Morgan fingerprint density at radius 3 is 1.23 bits per heavy atom. The fourth-order valence-electron chi connectivity index (χ4n) is 3.90. The molecule has 0 saturated heterocycles.